The summed E-state index contributed by atoms with van der Waals surface area (Å²) in [5, 5.41) is 12.2. The Balaban J connectivity index is 0.000000425. The summed E-state index contributed by atoms with van der Waals surface area (Å²) in [4.78, 5) is 21.8. The maximum atomic E-state index is 10.9. The minimum Gasteiger partial charge on any atom is -0.497 e. The number of rotatable bonds is 5. The minimum atomic E-state index is -1.15. The van der Waals surface area contributed by atoms with Crippen molar-refractivity contribution in [1.82, 2.24) is 5.32 Å². The molecule has 0 saturated heterocycles. The largest absolute Gasteiger partial charge is 0.497 e. The van der Waals surface area contributed by atoms with Gasteiger partial charge in [0.05, 0.1) is 7.11 Å². The number of amides is 1. The first-order valence-electron chi connectivity index (χ1n) is 6.99. The molecule has 0 fully saturated rings. The molecule has 0 aliphatic rings. The van der Waals surface area contributed by atoms with Crippen LogP contribution in [0.25, 0.3) is 0 Å². The topological polar surface area (TPSA) is 75.6 Å². The molecule has 0 aliphatic heterocycles. The summed E-state index contributed by atoms with van der Waals surface area (Å²) < 4.78 is 4.91. The molecule has 1 amide bonds. The molecule has 2 unspecified atom stereocenters. The van der Waals surface area contributed by atoms with Crippen molar-refractivity contribution in [2.24, 2.45) is 5.92 Å². The molecular weight excluding hydrogens is 306 g/mol. The normalized spacial score (nSPS) is 13.9. The molecule has 124 valence electrons. The summed E-state index contributed by atoms with van der Waals surface area (Å²) >= 11 is 5.61. The smallest absolute Gasteiger partial charge is 0.329 e. The Kier molecular flexibility index (Phi) is 8.56. The van der Waals surface area contributed by atoms with E-state index in [-0.39, 0.29) is 11.8 Å². The molecule has 22 heavy (non-hydrogen) atoms. The van der Waals surface area contributed by atoms with Crippen LogP contribution in [-0.2, 0) is 9.59 Å². The van der Waals surface area contributed by atoms with E-state index in [1.807, 2.05) is 26.0 Å². The van der Waals surface area contributed by atoms with Crippen molar-refractivity contribution in [3.63, 3.8) is 0 Å². The minimum absolute atomic E-state index is 0.0890. The number of benzene rings is 1. The molecule has 0 radical (unpaired) electrons. The molecule has 6 heteroatoms. The Morgan fingerprint density at radius 1 is 1.36 bits per heavy atom. The van der Waals surface area contributed by atoms with E-state index in [1.165, 1.54) is 13.8 Å². The van der Waals surface area contributed by atoms with Crippen molar-refractivity contribution in [2.45, 2.75) is 39.7 Å². The molecule has 0 spiro atoms. The maximum Gasteiger partial charge on any atom is 0.329 e. The van der Waals surface area contributed by atoms with Gasteiger partial charge in [-0.2, -0.15) is 0 Å². The quantitative estimate of drug-likeness (QED) is 0.868. The predicted octanol–water partition coefficient (Wildman–Crippen LogP) is 3.36. The number of hydrogen-bond acceptors (Lipinski definition) is 3. The van der Waals surface area contributed by atoms with Gasteiger partial charge in [-0.15, -0.1) is 0 Å². The molecule has 0 aliphatic carbocycles. The molecule has 5 nitrogen and oxygen atoms in total. The molecule has 0 heterocycles. The van der Waals surface area contributed by atoms with Gasteiger partial charge in [-0.25, -0.2) is 4.79 Å². The average molecular weight is 330 g/mol. The Morgan fingerprint density at radius 2 is 1.86 bits per heavy atom. The van der Waals surface area contributed by atoms with Gasteiger partial charge >= 0.3 is 5.97 Å². The Labute approximate surface area is 136 Å². The van der Waals surface area contributed by atoms with Crippen molar-refractivity contribution in [2.75, 3.05) is 7.11 Å². The zero-order chi connectivity index (χ0) is 17.3. The first-order valence-corrected chi connectivity index (χ1v) is 7.36. The van der Waals surface area contributed by atoms with E-state index in [9.17, 15) is 9.59 Å². The SMILES string of the molecule is CCC(C)C(C)(NC(C)=O)C(=O)O.COc1ccc(Cl)cc1. The number of nitrogens with one attached hydrogen (secondary N) is 1. The van der Waals surface area contributed by atoms with Crippen LogP contribution in [0.1, 0.15) is 34.1 Å². The van der Waals surface area contributed by atoms with E-state index in [1.54, 1.807) is 19.2 Å². The molecule has 1 rings (SSSR count). The van der Waals surface area contributed by atoms with Crippen LogP contribution in [0, 0.1) is 5.92 Å². The van der Waals surface area contributed by atoms with Crippen LogP contribution in [-0.4, -0.2) is 29.6 Å². The third-order valence-corrected chi connectivity index (χ3v) is 3.78. The summed E-state index contributed by atoms with van der Waals surface area (Å²) in [6, 6.07) is 7.23. The van der Waals surface area contributed by atoms with Crippen LogP contribution in [0.2, 0.25) is 5.02 Å². The van der Waals surface area contributed by atoms with Crippen molar-refractivity contribution in [3.8, 4) is 5.75 Å². The Bertz CT molecular complexity index is 489. The Hall–Kier alpha value is -1.75. The van der Waals surface area contributed by atoms with Gasteiger partial charge in [0.2, 0.25) is 5.91 Å². The first-order chi connectivity index (χ1) is 10.2. The fraction of sp³-hybridized carbons (Fsp3) is 0.500. The van der Waals surface area contributed by atoms with E-state index in [0.717, 1.165) is 10.8 Å². The zero-order valence-electron chi connectivity index (χ0n) is 13.6. The second-order valence-electron chi connectivity index (χ2n) is 5.16. The summed E-state index contributed by atoms with van der Waals surface area (Å²) in [5.41, 5.74) is -1.15. The van der Waals surface area contributed by atoms with Gasteiger partial charge in [0.1, 0.15) is 11.3 Å². The number of carboxylic acids is 1. The van der Waals surface area contributed by atoms with Gasteiger partial charge in [0, 0.05) is 11.9 Å². The highest BCUT2D eigenvalue weighted by atomic mass is 35.5. The highest BCUT2D eigenvalue weighted by Crippen LogP contribution is 2.20. The Morgan fingerprint density at radius 3 is 2.18 bits per heavy atom. The van der Waals surface area contributed by atoms with Gasteiger partial charge in [-0.1, -0.05) is 31.9 Å². The van der Waals surface area contributed by atoms with Crippen molar-refractivity contribution in [3.05, 3.63) is 29.3 Å². The number of carbonyl (C=O) groups excluding carboxylic acids is 1. The third-order valence-electron chi connectivity index (χ3n) is 3.53. The van der Waals surface area contributed by atoms with E-state index >= 15 is 0 Å². The number of methoxy groups -OCH3 is 1. The lowest BCUT2D eigenvalue weighted by molar-refractivity contribution is -0.149. The first kappa shape index (κ1) is 20.2. The van der Waals surface area contributed by atoms with Gasteiger partial charge in [-0.3, -0.25) is 4.79 Å². The van der Waals surface area contributed by atoms with Crippen molar-refractivity contribution in [1.29, 1.82) is 0 Å². The maximum absolute atomic E-state index is 10.9. The van der Waals surface area contributed by atoms with E-state index in [0.29, 0.717) is 6.42 Å². The van der Waals surface area contributed by atoms with Crippen molar-refractivity contribution >= 4 is 23.5 Å². The van der Waals surface area contributed by atoms with E-state index in [2.05, 4.69) is 5.32 Å². The van der Waals surface area contributed by atoms with Crippen LogP contribution in [0.15, 0.2) is 24.3 Å². The number of hydrogen-bond donors (Lipinski definition) is 2. The molecule has 1 aromatic carbocycles. The number of carboxylic acid groups (broad SMARTS) is 1. The lowest BCUT2D eigenvalue weighted by Gasteiger charge is -2.31. The van der Waals surface area contributed by atoms with Gasteiger partial charge in [0.25, 0.3) is 0 Å². The van der Waals surface area contributed by atoms with Gasteiger partial charge in [0.15, 0.2) is 0 Å². The number of carbonyl (C=O) groups is 2. The fourth-order valence-electron chi connectivity index (χ4n) is 1.73. The number of ether oxygens (including phenoxy) is 1. The number of halogens is 1. The fourth-order valence-corrected chi connectivity index (χ4v) is 1.86. The zero-order valence-corrected chi connectivity index (χ0v) is 14.4. The van der Waals surface area contributed by atoms with E-state index < -0.39 is 11.5 Å². The summed E-state index contributed by atoms with van der Waals surface area (Å²) in [6.07, 6.45) is 0.711. The molecule has 2 N–H and O–H groups in total. The van der Waals surface area contributed by atoms with Gasteiger partial charge < -0.3 is 15.2 Å². The molecule has 0 bridgehead atoms. The van der Waals surface area contributed by atoms with Crippen molar-refractivity contribution < 1.29 is 19.4 Å². The van der Waals surface area contributed by atoms with Gasteiger partial charge in [-0.05, 0) is 37.1 Å². The van der Waals surface area contributed by atoms with E-state index in [4.69, 9.17) is 21.4 Å². The third kappa shape index (κ3) is 6.35. The second kappa shape index (κ2) is 9.30. The standard InChI is InChI=1S/C9H17NO3.C7H7ClO/c1-5-6(2)9(4,8(12)13)10-7(3)11;1-9-7-4-2-6(8)3-5-7/h6H,5H2,1-4H3,(H,10,11)(H,12,13);2-5H,1H3. The monoisotopic (exact) mass is 329 g/mol. The van der Waals surface area contributed by atoms with Crippen LogP contribution in [0.3, 0.4) is 0 Å². The summed E-state index contributed by atoms with van der Waals surface area (Å²) in [5.74, 6) is -0.560. The second-order valence-corrected chi connectivity index (χ2v) is 5.59. The van der Waals surface area contributed by atoms with Crippen LogP contribution in [0.4, 0.5) is 0 Å². The lowest BCUT2D eigenvalue weighted by Crippen LogP contribution is -2.55. The average Bonchev–Trinajstić information content (AvgIpc) is 2.46. The van der Waals surface area contributed by atoms with Crippen LogP contribution in [0.5, 0.6) is 5.75 Å². The molecule has 2 atom stereocenters. The summed E-state index contributed by atoms with van der Waals surface area (Å²) in [6.45, 7) is 6.56. The number of aliphatic carboxylic acids is 1. The molecular formula is C16H24ClNO4. The van der Waals surface area contributed by atoms with Crippen LogP contribution < -0.4 is 10.1 Å². The summed E-state index contributed by atoms with van der Waals surface area (Å²) in [7, 11) is 1.63. The molecule has 0 saturated carbocycles. The highest BCUT2D eigenvalue weighted by Gasteiger charge is 2.38. The molecule has 1 aromatic rings. The van der Waals surface area contributed by atoms with Crippen LogP contribution >= 0.6 is 11.6 Å². The lowest BCUT2D eigenvalue weighted by atomic mass is 9.85. The molecule has 0 aromatic heterocycles. The predicted molar refractivity (Wildman–Crippen MR) is 87.3 cm³/mol. The highest BCUT2D eigenvalue weighted by molar-refractivity contribution is 6.30.